The number of aliphatic hydroxyl groups excluding tert-OH is 1. The number of hydrogen-bond donors (Lipinski definition) is 2. The number of alkyl halides is 3. The lowest BCUT2D eigenvalue weighted by Crippen LogP contribution is -2.32. The zero-order valence-electron chi connectivity index (χ0n) is 24.7. The molecule has 0 aromatic rings. The highest BCUT2D eigenvalue weighted by Crippen LogP contribution is 2.40. The van der Waals surface area contributed by atoms with Crippen LogP contribution in [-0.4, -0.2) is 26.2 Å². The lowest BCUT2D eigenvalue weighted by atomic mass is 9.99. The van der Waals surface area contributed by atoms with Crippen LogP contribution < -0.4 is 4.72 Å². The SMILES string of the molecule is C/C=C/F.C=CC(C)C.C=CC(C/C=C/Cl)C/C=C(\C=C/C)CNS(=O)(=O)C1=C(O)C(Cl)=CC(C(F)(F)F)C1.CC. The fourth-order valence-electron chi connectivity index (χ4n) is 2.69. The molecule has 0 spiro atoms. The molecule has 2 atom stereocenters. The molecule has 0 saturated carbocycles. The molecule has 11 heteroatoms. The first-order chi connectivity index (χ1) is 19.1. The largest absolute Gasteiger partial charge is 0.505 e. The molecule has 0 radical (unpaired) electrons. The molecule has 0 saturated heterocycles. The second kappa shape index (κ2) is 24.5. The topological polar surface area (TPSA) is 66.4 Å². The van der Waals surface area contributed by atoms with Crippen molar-refractivity contribution in [3.05, 3.63) is 94.9 Å². The summed E-state index contributed by atoms with van der Waals surface area (Å²) in [6.07, 6.45) is 8.67. The van der Waals surface area contributed by atoms with E-state index in [0.717, 1.165) is 0 Å². The normalized spacial score (nSPS) is 16.9. The number of halogens is 6. The Bertz CT molecular complexity index is 1040. The fraction of sp³-hybridized carbons (Fsp3) is 0.467. The van der Waals surface area contributed by atoms with Crippen LogP contribution in [0.15, 0.2) is 94.9 Å². The van der Waals surface area contributed by atoms with E-state index in [-0.39, 0.29) is 12.5 Å². The smallest absolute Gasteiger partial charge is 0.395 e. The van der Waals surface area contributed by atoms with E-state index in [1.54, 1.807) is 44.2 Å². The Labute approximate surface area is 254 Å². The second-order valence-corrected chi connectivity index (χ2v) is 11.0. The van der Waals surface area contributed by atoms with E-state index >= 15 is 0 Å². The van der Waals surface area contributed by atoms with Crippen molar-refractivity contribution in [3.63, 3.8) is 0 Å². The number of allylic oxidation sites excluding steroid dienone is 9. The van der Waals surface area contributed by atoms with Crippen molar-refractivity contribution in [1.82, 2.24) is 4.72 Å². The van der Waals surface area contributed by atoms with Gasteiger partial charge < -0.3 is 5.11 Å². The number of sulfonamides is 1. The van der Waals surface area contributed by atoms with Crippen LogP contribution in [0.1, 0.15) is 60.8 Å². The Hall–Kier alpha value is -2.07. The third-order valence-corrected chi connectivity index (χ3v) is 6.99. The highest BCUT2D eigenvalue weighted by molar-refractivity contribution is 7.93. The van der Waals surface area contributed by atoms with Crippen molar-refractivity contribution in [1.29, 1.82) is 0 Å². The highest BCUT2D eigenvalue weighted by Gasteiger charge is 2.43. The van der Waals surface area contributed by atoms with Gasteiger partial charge in [0.05, 0.1) is 17.3 Å². The Morgan fingerprint density at radius 3 is 2.10 bits per heavy atom. The Morgan fingerprint density at radius 2 is 1.71 bits per heavy atom. The summed E-state index contributed by atoms with van der Waals surface area (Å²) in [5.74, 6) is -2.24. The number of hydrogen-bond acceptors (Lipinski definition) is 3. The van der Waals surface area contributed by atoms with Gasteiger partial charge >= 0.3 is 6.18 Å². The van der Waals surface area contributed by atoms with Gasteiger partial charge in [-0.05, 0) is 50.2 Å². The predicted octanol–water partition coefficient (Wildman–Crippen LogP) is 10.6. The summed E-state index contributed by atoms with van der Waals surface area (Å²) in [7, 11) is -4.40. The number of aliphatic hydroxyl groups is 1. The monoisotopic (exact) mass is 645 g/mol. The van der Waals surface area contributed by atoms with Crippen LogP contribution in [0.4, 0.5) is 17.6 Å². The molecule has 4 nitrogen and oxygen atoms in total. The Kier molecular flexibility index (Phi) is 25.9. The Morgan fingerprint density at radius 1 is 1.17 bits per heavy atom. The summed E-state index contributed by atoms with van der Waals surface area (Å²) in [6.45, 7) is 18.7. The van der Waals surface area contributed by atoms with Crippen molar-refractivity contribution in [3.8, 4) is 0 Å². The van der Waals surface area contributed by atoms with E-state index in [1.165, 1.54) is 11.6 Å². The maximum Gasteiger partial charge on any atom is 0.395 e. The maximum absolute atomic E-state index is 13.1. The standard InChI is InChI=1S/C20H24Cl2F3NO3S.C5H10.C3H5F.C2H6/c1-3-6-15(9-8-14(4-2)7-5-10-21)13-26-30(28,29)18-12-16(20(23,24)25)11-17(22)19(18)27;1-4-5(2)3;1-2-3-4;1-2/h3-6,9-11,14,16,26-27H,2,7-8,12-13H2,1H3;4-5H,1H2,2-3H3;2-3H,1H3;1-2H3/b6-3-,10-5+,15-9+;;3-2+;. The zero-order valence-corrected chi connectivity index (χ0v) is 27.0. The molecule has 0 aromatic carbocycles. The molecular weight excluding hydrogens is 601 g/mol. The molecule has 0 aromatic heterocycles. The molecule has 0 fully saturated rings. The predicted molar refractivity (Wildman–Crippen MR) is 168 cm³/mol. The highest BCUT2D eigenvalue weighted by atomic mass is 35.5. The lowest BCUT2D eigenvalue weighted by molar-refractivity contribution is -0.160. The summed E-state index contributed by atoms with van der Waals surface area (Å²) in [4.78, 5) is -0.784. The molecule has 236 valence electrons. The third-order valence-electron chi connectivity index (χ3n) is 4.98. The summed E-state index contributed by atoms with van der Waals surface area (Å²) < 4.78 is 77.1. The van der Waals surface area contributed by atoms with E-state index in [0.29, 0.717) is 36.7 Å². The average molecular weight is 647 g/mol. The molecule has 2 N–H and O–H groups in total. The minimum atomic E-state index is -4.69. The van der Waals surface area contributed by atoms with E-state index in [2.05, 4.69) is 31.7 Å². The first kappa shape index (κ1) is 43.4. The molecule has 0 bridgehead atoms. The van der Waals surface area contributed by atoms with E-state index < -0.39 is 44.2 Å². The Balaban J connectivity index is -0.00000112. The third kappa shape index (κ3) is 20.5. The molecule has 1 aliphatic carbocycles. The minimum Gasteiger partial charge on any atom is -0.505 e. The van der Waals surface area contributed by atoms with Crippen molar-refractivity contribution in [2.45, 2.75) is 67.0 Å². The molecular formula is C30H45Cl2F4NO3S. The van der Waals surface area contributed by atoms with Gasteiger partial charge in [0.2, 0.25) is 10.0 Å². The summed E-state index contributed by atoms with van der Waals surface area (Å²) >= 11 is 11.2. The summed E-state index contributed by atoms with van der Waals surface area (Å²) in [5.41, 5.74) is 2.01. The summed E-state index contributed by atoms with van der Waals surface area (Å²) in [5, 5.41) is 9.31. The van der Waals surface area contributed by atoms with Crippen LogP contribution >= 0.6 is 23.2 Å². The van der Waals surface area contributed by atoms with Gasteiger partial charge in [0.25, 0.3) is 0 Å². The van der Waals surface area contributed by atoms with Gasteiger partial charge in [0, 0.05) is 18.5 Å². The first-order valence-corrected chi connectivity index (χ1v) is 15.3. The number of rotatable bonds is 11. The van der Waals surface area contributed by atoms with Crippen molar-refractivity contribution in [2.75, 3.05) is 6.54 Å². The first-order valence-electron chi connectivity index (χ1n) is 13.0. The average Bonchev–Trinajstić information content (AvgIpc) is 2.93. The zero-order chi connectivity index (χ0) is 32.6. The molecule has 0 amide bonds. The van der Waals surface area contributed by atoms with Gasteiger partial charge in [-0.2, -0.15) is 13.2 Å². The van der Waals surface area contributed by atoms with Gasteiger partial charge in [-0.15, -0.1) is 13.2 Å². The minimum absolute atomic E-state index is 0.0819. The van der Waals surface area contributed by atoms with Crippen molar-refractivity contribution >= 4 is 33.2 Å². The van der Waals surface area contributed by atoms with Crippen LogP contribution in [0.3, 0.4) is 0 Å². The van der Waals surface area contributed by atoms with Gasteiger partial charge in [-0.3, -0.25) is 0 Å². The van der Waals surface area contributed by atoms with Crippen LogP contribution in [0.2, 0.25) is 0 Å². The van der Waals surface area contributed by atoms with E-state index in [4.69, 9.17) is 23.2 Å². The van der Waals surface area contributed by atoms with Crippen LogP contribution in [-0.2, 0) is 10.0 Å². The fourth-order valence-corrected chi connectivity index (χ4v) is 4.41. The molecule has 2 unspecified atom stereocenters. The summed E-state index contributed by atoms with van der Waals surface area (Å²) in [6, 6.07) is 0. The molecule has 0 heterocycles. The molecule has 1 rings (SSSR count). The van der Waals surface area contributed by atoms with Crippen molar-refractivity contribution in [2.24, 2.45) is 17.8 Å². The quantitative estimate of drug-likeness (QED) is 0.133. The van der Waals surface area contributed by atoms with Gasteiger partial charge in [0.15, 0.2) is 0 Å². The molecule has 41 heavy (non-hydrogen) atoms. The molecule has 0 aliphatic heterocycles. The van der Waals surface area contributed by atoms with Gasteiger partial charge in [0.1, 0.15) is 10.7 Å². The van der Waals surface area contributed by atoms with Crippen LogP contribution in [0.25, 0.3) is 0 Å². The van der Waals surface area contributed by atoms with E-state index in [1.807, 2.05) is 19.9 Å². The van der Waals surface area contributed by atoms with Crippen LogP contribution in [0.5, 0.6) is 0 Å². The molecule has 1 aliphatic rings. The number of nitrogens with one attached hydrogen (secondary N) is 1. The van der Waals surface area contributed by atoms with Crippen LogP contribution in [0, 0.1) is 17.8 Å². The van der Waals surface area contributed by atoms with Crippen molar-refractivity contribution < 1.29 is 31.1 Å². The van der Waals surface area contributed by atoms with Gasteiger partial charge in [-0.25, -0.2) is 17.5 Å². The van der Waals surface area contributed by atoms with E-state index in [9.17, 15) is 31.1 Å². The van der Waals surface area contributed by atoms with Gasteiger partial charge in [-0.1, -0.05) is 93.4 Å². The second-order valence-electron chi connectivity index (χ2n) is 8.51. The maximum atomic E-state index is 13.1. The lowest BCUT2D eigenvalue weighted by Gasteiger charge is -2.24.